The maximum atomic E-state index is 12.7. The van der Waals surface area contributed by atoms with E-state index in [0.29, 0.717) is 23.8 Å². The van der Waals surface area contributed by atoms with Crippen molar-refractivity contribution in [1.29, 1.82) is 0 Å². The van der Waals surface area contributed by atoms with Gasteiger partial charge in [-0.2, -0.15) is 0 Å². The minimum Gasteiger partial charge on any atom is -0.489 e. The molecule has 2 bridgehead atoms. The van der Waals surface area contributed by atoms with Crippen LogP contribution < -0.4 is 10.1 Å². The molecule has 1 aromatic heterocycles. The number of nitrogens with one attached hydrogen (secondary N) is 1. The van der Waals surface area contributed by atoms with Gasteiger partial charge in [-0.15, -0.1) is 0 Å². The van der Waals surface area contributed by atoms with E-state index in [2.05, 4.69) is 17.4 Å². The summed E-state index contributed by atoms with van der Waals surface area (Å²) in [5, 5.41) is 7.16. The molecule has 0 aliphatic heterocycles. The zero-order valence-corrected chi connectivity index (χ0v) is 16.3. The summed E-state index contributed by atoms with van der Waals surface area (Å²) in [6, 6.07) is 7.60. The van der Waals surface area contributed by atoms with Crippen LogP contribution >= 0.6 is 0 Å². The highest BCUT2D eigenvalue weighted by atomic mass is 16.5. The van der Waals surface area contributed by atoms with Gasteiger partial charge in [0.1, 0.15) is 18.1 Å². The zero-order chi connectivity index (χ0) is 19.0. The van der Waals surface area contributed by atoms with Crippen molar-refractivity contribution in [2.75, 3.05) is 0 Å². The molecule has 0 spiro atoms. The Balaban J connectivity index is 1.37. The number of amides is 1. The van der Waals surface area contributed by atoms with E-state index in [4.69, 9.17) is 9.26 Å². The molecule has 5 heteroatoms. The molecule has 1 N–H and O–H groups in total. The molecule has 0 saturated heterocycles. The van der Waals surface area contributed by atoms with Crippen molar-refractivity contribution in [3.8, 4) is 5.75 Å². The third-order valence-electron chi connectivity index (χ3n) is 6.45. The predicted molar refractivity (Wildman–Crippen MR) is 103 cm³/mol. The molecule has 1 amide bonds. The molecule has 0 unspecified atom stereocenters. The molecule has 2 saturated carbocycles. The molecule has 2 aromatic rings. The monoisotopic (exact) mass is 368 g/mol. The van der Waals surface area contributed by atoms with Crippen molar-refractivity contribution in [3.63, 3.8) is 0 Å². The SMILES string of the molecule is Cc1noc(C)c1COc1cccc(C(=O)N[C@@H](C)[C@@H]2C[C@H]3CC[C@H]2C3)c1. The van der Waals surface area contributed by atoms with E-state index in [-0.39, 0.29) is 11.9 Å². The summed E-state index contributed by atoms with van der Waals surface area (Å²) in [5.41, 5.74) is 2.43. The fourth-order valence-corrected chi connectivity index (χ4v) is 4.89. The first-order valence-electron chi connectivity index (χ1n) is 9.96. The molecule has 2 fully saturated rings. The second-order valence-corrected chi connectivity index (χ2v) is 8.22. The molecule has 1 aromatic carbocycles. The van der Waals surface area contributed by atoms with Crippen LogP contribution in [0.25, 0.3) is 0 Å². The third-order valence-corrected chi connectivity index (χ3v) is 6.45. The van der Waals surface area contributed by atoms with Crippen LogP contribution in [-0.2, 0) is 6.61 Å². The highest BCUT2D eigenvalue weighted by Gasteiger charge is 2.42. The zero-order valence-electron chi connectivity index (χ0n) is 16.3. The number of carbonyl (C=O) groups is 1. The van der Waals surface area contributed by atoms with E-state index in [1.165, 1.54) is 25.7 Å². The van der Waals surface area contributed by atoms with Gasteiger partial charge in [0.05, 0.1) is 11.3 Å². The topological polar surface area (TPSA) is 64.4 Å². The number of carbonyl (C=O) groups excluding carboxylic acids is 1. The van der Waals surface area contributed by atoms with Gasteiger partial charge in [0.15, 0.2) is 0 Å². The van der Waals surface area contributed by atoms with Crippen LogP contribution in [-0.4, -0.2) is 17.1 Å². The van der Waals surface area contributed by atoms with Crippen molar-refractivity contribution in [3.05, 3.63) is 46.8 Å². The number of hydrogen-bond donors (Lipinski definition) is 1. The summed E-state index contributed by atoms with van der Waals surface area (Å²) in [7, 11) is 0. The Labute approximate surface area is 160 Å². The first-order valence-corrected chi connectivity index (χ1v) is 9.96. The van der Waals surface area contributed by atoms with Crippen LogP contribution in [0.15, 0.2) is 28.8 Å². The number of hydrogen-bond acceptors (Lipinski definition) is 4. The number of rotatable bonds is 6. The van der Waals surface area contributed by atoms with Crippen LogP contribution in [0.5, 0.6) is 5.75 Å². The maximum Gasteiger partial charge on any atom is 0.251 e. The number of nitrogens with zero attached hydrogens (tertiary/aromatic N) is 1. The molecule has 27 heavy (non-hydrogen) atoms. The second-order valence-electron chi connectivity index (χ2n) is 8.22. The lowest BCUT2D eigenvalue weighted by atomic mass is 9.84. The standard InChI is InChI=1S/C22H28N2O3/c1-13(20-10-16-7-8-17(20)9-16)23-22(25)18-5-4-6-19(11-18)26-12-21-14(2)24-27-15(21)3/h4-6,11,13,16-17,20H,7-10,12H2,1-3H3,(H,23,25)/t13-,16-,17-,20-/m0/s1. The lowest BCUT2D eigenvalue weighted by molar-refractivity contribution is 0.0914. The van der Waals surface area contributed by atoms with Gasteiger partial charge in [-0.3, -0.25) is 4.79 Å². The van der Waals surface area contributed by atoms with Crippen LogP contribution in [0.4, 0.5) is 0 Å². The van der Waals surface area contributed by atoms with Crippen LogP contribution in [0.2, 0.25) is 0 Å². The van der Waals surface area contributed by atoms with E-state index in [1.807, 2.05) is 32.0 Å². The van der Waals surface area contributed by atoms with Crippen molar-refractivity contribution >= 4 is 5.91 Å². The van der Waals surface area contributed by atoms with Gasteiger partial charge >= 0.3 is 0 Å². The summed E-state index contributed by atoms with van der Waals surface area (Å²) < 4.78 is 11.0. The Hall–Kier alpha value is -2.30. The maximum absolute atomic E-state index is 12.7. The van der Waals surface area contributed by atoms with Gasteiger partial charge in [-0.1, -0.05) is 17.6 Å². The van der Waals surface area contributed by atoms with Crippen molar-refractivity contribution in [2.45, 2.75) is 59.1 Å². The van der Waals surface area contributed by atoms with Crippen LogP contribution in [0, 0.1) is 31.6 Å². The molecule has 4 rings (SSSR count). The first-order chi connectivity index (χ1) is 13.0. The fraction of sp³-hybridized carbons (Fsp3) is 0.545. The molecule has 2 aliphatic carbocycles. The van der Waals surface area contributed by atoms with Gasteiger partial charge in [0.2, 0.25) is 0 Å². The quantitative estimate of drug-likeness (QED) is 0.819. The largest absolute Gasteiger partial charge is 0.489 e. The molecule has 5 nitrogen and oxygen atoms in total. The normalized spacial score (nSPS) is 24.8. The molecule has 1 heterocycles. The Kier molecular flexibility index (Phi) is 4.94. The third kappa shape index (κ3) is 3.73. The van der Waals surface area contributed by atoms with Gasteiger partial charge < -0.3 is 14.6 Å². The molecule has 0 radical (unpaired) electrons. The van der Waals surface area contributed by atoms with Gasteiger partial charge in [0.25, 0.3) is 5.91 Å². The van der Waals surface area contributed by atoms with Crippen molar-refractivity contribution < 1.29 is 14.1 Å². The molecule has 4 atom stereocenters. The number of benzene rings is 1. The highest BCUT2D eigenvalue weighted by molar-refractivity contribution is 5.94. The first kappa shape index (κ1) is 18.1. The van der Waals surface area contributed by atoms with E-state index >= 15 is 0 Å². The lowest BCUT2D eigenvalue weighted by Gasteiger charge is -2.28. The van der Waals surface area contributed by atoms with E-state index in [1.54, 1.807) is 6.07 Å². The molecule has 144 valence electrons. The fourth-order valence-electron chi connectivity index (χ4n) is 4.89. The molecular formula is C22H28N2O3. The minimum atomic E-state index is -0.0203. The summed E-state index contributed by atoms with van der Waals surface area (Å²) in [5.74, 6) is 3.74. The van der Waals surface area contributed by atoms with E-state index in [0.717, 1.165) is 28.9 Å². The average molecular weight is 368 g/mol. The Morgan fingerprint density at radius 2 is 2.19 bits per heavy atom. The summed E-state index contributed by atoms with van der Waals surface area (Å²) >= 11 is 0. The minimum absolute atomic E-state index is 0.0203. The van der Waals surface area contributed by atoms with Crippen LogP contribution in [0.3, 0.4) is 0 Å². The Morgan fingerprint density at radius 1 is 1.33 bits per heavy atom. The van der Waals surface area contributed by atoms with E-state index in [9.17, 15) is 4.79 Å². The smallest absolute Gasteiger partial charge is 0.251 e. The van der Waals surface area contributed by atoms with Gasteiger partial charge in [-0.25, -0.2) is 0 Å². The Bertz CT molecular complexity index is 809. The highest BCUT2D eigenvalue weighted by Crippen LogP contribution is 2.49. The lowest BCUT2D eigenvalue weighted by Crippen LogP contribution is -2.40. The average Bonchev–Trinajstić information content (AvgIpc) is 3.37. The Morgan fingerprint density at radius 3 is 2.85 bits per heavy atom. The predicted octanol–water partition coefficient (Wildman–Crippen LogP) is 4.42. The summed E-state index contributed by atoms with van der Waals surface area (Å²) in [6.07, 6.45) is 5.34. The van der Waals surface area contributed by atoms with Crippen molar-refractivity contribution in [2.24, 2.45) is 17.8 Å². The number of aryl methyl sites for hydroxylation is 2. The molecular weight excluding hydrogens is 340 g/mol. The summed E-state index contributed by atoms with van der Waals surface area (Å²) in [4.78, 5) is 12.7. The van der Waals surface area contributed by atoms with E-state index < -0.39 is 0 Å². The summed E-state index contributed by atoms with van der Waals surface area (Å²) in [6.45, 7) is 6.31. The molecule has 2 aliphatic rings. The van der Waals surface area contributed by atoms with Crippen LogP contribution in [0.1, 0.15) is 60.0 Å². The number of fused-ring (bicyclic) bond motifs is 2. The number of aromatic nitrogens is 1. The number of ether oxygens (including phenoxy) is 1. The van der Waals surface area contributed by atoms with Gasteiger partial charge in [-0.05, 0) is 76.0 Å². The second kappa shape index (κ2) is 7.37. The van der Waals surface area contributed by atoms with Crippen molar-refractivity contribution in [1.82, 2.24) is 10.5 Å². The van der Waals surface area contributed by atoms with Gasteiger partial charge in [0, 0.05) is 11.6 Å².